The SMILES string of the molecule is CSCc1cccc(C(=O)Nc2ccc(F)cc2C)c1. The molecular weight excluding hydrogens is 273 g/mol. The van der Waals surface area contributed by atoms with Crippen molar-refractivity contribution in [3.05, 3.63) is 65.0 Å². The van der Waals surface area contributed by atoms with Crippen LogP contribution in [0.25, 0.3) is 0 Å². The predicted molar refractivity (Wildman–Crippen MR) is 82.8 cm³/mol. The van der Waals surface area contributed by atoms with Crippen molar-refractivity contribution in [3.63, 3.8) is 0 Å². The van der Waals surface area contributed by atoms with Gasteiger partial charge in [-0.2, -0.15) is 11.8 Å². The summed E-state index contributed by atoms with van der Waals surface area (Å²) in [6.07, 6.45) is 2.02. The van der Waals surface area contributed by atoms with Gasteiger partial charge in [0.15, 0.2) is 0 Å². The monoisotopic (exact) mass is 289 g/mol. The molecule has 1 amide bonds. The molecule has 2 aromatic rings. The minimum atomic E-state index is -0.303. The van der Waals surface area contributed by atoms with Crippen LogP contribution in [0.5, 0.6) is 0 Å². The Kier molecular flexibility index (Phi) is 4.79. The van der Waals surface area contributed by atoms with Crippen molar-refractivity contribution in [1.29, 1.82) is 0 Å². The summed E-state index contributed by atoms with van der Waals surface area (Å²) in [5.41, 5.74) is 3.06. The molecule has 0 aliphatic rings. The van der Waals surface area contributed by atoms with Crippen LogP contribution in [-0.4, -0.2) is 12.2 Å². The van der Waals surface area contributed by atoms with Gasteiger partial charge in [-0.25, -0.2) is 4.39 Å². The zero-order valence-corrected chi connectivity index (χ0v) is 12.3. The van der Waals surface area contributed by atoms with Gasteiger partial charge >= 0.3 is 0 Å². The smallest absolute Gasteiger partial charge is 0.255 e. The van der Waals surface area contributed by atoms with Gasteiger partial charge in [-0.3, -0.25) is 4.79 Å². The molecule has 0 aromatic heterocycles. The molecule has 0 unspecified atom stereocenters. The normalized spacial score (nSPS) is 10.3. The van der Waals surface area contributed by atoms with E-state index in [1.54, 1.807) is 30.8 Å². The Bertz CT molecular complexity index is 628. The maximum absolute atomic E-state index is 13.0. The first kappa shape index (κ1) is 14.6. The molecule has 4 heteroatoms. The number of anilines is 1. The summed E-state index contributed by atoms with van der Waals surface area (Å²) in [6, 6.07) is 11.8. The molecular formula is C16H16FNOS. The van der Waals surface area contributed by atoms with Crippen LogP contribution in [0.3, 0.4) is 0 Å². The summed E-state index contributed by atoms with van der Waals surface area (Å²) in [4.78, 5) is 12.2. The number of thioether (sulfide) groups is 1. The zero-order chi connectivity index (χ0) is 14.5. The van der Waals surface area contributed by atoms with Gasteiger partial charge in [0, 0.05) is 17.0 Å². The lowest BCUT2D eigenvalue weighted by Crippen LogP contribution is -2.13. The molecule has 2 aromatic carbocycles. The lowest BCUT2D eigenvalue weighted by atomic mass is 10.1. The Hall–Kier alpha value is -1.81. The van der Waals surface area contributed by atoms with Crippen LogP contribution in [0.4, 0.5) is 10.1 Å². The number of benzene rings is 2. The van der Waals surface area contributed by atoms with Crippen LogP contribution in [0.1, 0.15) is 21.5 Å². The number of amides is 1. The minimum Gasteiger partial charge on any atom is -0.322 e. The molecule has 0 saturated heterocycles. The second-order valence-corrected chi connectivity index (χ2v) is 5.41. The van der Waals surface area contributed by atoms with Crippen LogP contribution in [0.15, 0.2) is 42.5 Å². The highest BCUT2D eigenvalue weighted by Gasteiger charge is 2.08. The average molecular weight is 289 g/mol. The predicted octanol–water partition coefficient (Wildman–Crippen LogP) is 4.25. The number of carbonyl (C=O) groups is 1. The largest absolute Gasteiger partial charge is 0.322 e. The van der Waals surface area contributed by atoms with E-state index in [1.165, 1.54) is 12.1 Å². The van der Waals surface area contributed by atoms with Crippen molar-refractivity contribution in [2.75, 3.05) is 11.6 Å². The van der Waals surface area contributed by atoms with Crippen molar-refractivity contribution in [1.82, 2.24) is 0 Å². The van der Waals surface area contributed by atoms with Gasteiger partial charge in [0.2, 0.25) is 0 Å². The van der Waals surface area contributed by atoms with Gasteiger partial charge in [0.25, 0.3) is 5.91 Å². The number of rotatable bonds is 4. The summed E-state index contributed by atoms with van der Waals surface area (Å²) in [6.45, 7) is 1.77. The van der Waals surface area contributed by atoms with E-state index in [1.807, 2.05) is 24.5 Å². The first-order chi connectivity index (χ1) is 9.60. The zero-order valence-electron chi connectivity index (χ0n) is 11.4. The van der Waals surface area contributed by atoms with Crippen LogP contribution >= 0.6 is 11.8 Å². The first-order valence-corrected chi connectivity index (χ1v) is 7.65. The van der Waals surface area contributed by atoms with E-state index in [0.717, 1.165) is 11.3 Å². The highest BCUT2D eigenvalue weighted by molar-refractivity contribution is 7.97. The van der Waals surface area contributed by atoms with Crippen LogP contribution in [-0.2, 0) is 5.75 Å². The lowest BCUT2D eigenvalue weighted by molar-refractivity contribution is 0.102. The Morgan fingerprint density at radius 3 is 2.75 bits per heavy atom. The fourth-order valence-corrected chi connectivity index (χ4v) is 2.44. The van der Waals surface area contributed by atoms with Crippen molar-refractivity contribution in [2.24, 2.45) is 0 Å². The first-order valence-electron chi connectivity index (χ1n) is 6.25. The number of hydrogen-bond acceptors (Lipinski definition) is 2. The van der Waals surface area contributed by atoms with Crippen molar-refractivity contribution >= 4 is 23.4 Å². The van der Waals surface area contributed by atoms with E-state index in [4.69, 9.17) is 0 Å². The van der Waals surface area contributed by atoms with E-state index in [9.17, 15) is 9.18 Å². The summed E-state index contributed by atoms with van der Waals surface area (Å²) in [7, 11) is 0. The molecule has 20 heavy (non-hydrogen) atoms. The molecule has 2 rings (SSSR count). The van der Waals surface area contributed by atoms with E-state index < -0.39 is 0 Å². The Labute approximate surface area is 122 Å². The fraction of sp³-hybridized carbons (Fsp3) is 0.188. The third kappa shape index (κ3) is 3.61. The molecule has 0 atom stereocenters. The van der Waals surface area contributed by atoms with E-state index >= 15 is 0 Å². The Morgan fingerprint density at radius 1 is 1.25 bits per heavy atom. The summed E-state index contributed by atoms with van der Waals surface area (Å²) in [5.74, 6) is 0.390. The third-order valence-electron chi connectivity index (χ3n) is 2.94. The lowest BCUT2D eigenvalue weighted by Gasteiger charge is -2.09. The maximum atomic E-state index is 13.0. The summed E-state index contributed by atoms with van der Waals surface area (Å²) < 4.78 is 13.0. The molecule has 0 saturated carbocycles. The van der Waals surface area contributed by atoms with E-state index in [0.29, 0.717) is 16.8 Å². The molecule has 1 N–H and O–H groups in total. The van der Waals surface area contributed by atoms with Gasteiger partial charge in [-0.15, -0.1) is 0 Å². The molecule has 0 radical (unpaired) electrons. The van der Waals surface area contributed by atoms with Crippen LogP contribution in [0, 0.1) is 12.7 Å². The summed E-state index contributed by atoms with van der Waals surface area (Å²) in [5, 5.41) is 2.81. The van der Waals surface area contributed by atoms with Gasteiger partial charge in [-0.1, -0.05) is 12.1 Å². The number of carbonyl (C=O) groups excluding carboxylic acids is 1. The van der Waals surface area contributed by atoms with Gasteiger partial charge < -0.3 is 5.32 Å². The standard InChI is InChI=1S/C16H16FNOS/c1-11-8-14(17)6-7-15(11)18-16(19)13-5-3-4-12(9-13)10-20-2/h3-9H,10H2,1-2H3,(H,18,19). The van der Waals surface area contributed by atoms with Crippen LogP contribution < -0.4 is 5.32 Å². The second-order valence-electron chi connectivity index (χ2n) is 4.55. The molecule has 0 aliphatic carbocycles. The number of nitrogens with one attached hydrogen (secondary N) is 1. The highest BCUT2D eigenvalue weighted by Crippen LogP contribution is 2.18. The highest BCUT2D eigenvalue weighted by atomic mass is 32.2. The number of hydrogen-bond donors (Lipinski definition) is 1. The van der Waals surface area contributed by atoms with Crippen LogP contribution in [0.2, 0.25) is 0 Å². The van der Waals surface area contributed by atoms with Crippen molar-refractivity contribution in [2.45, 2.75) is 12.7 Å². The van der Waals surface area contributed by atoms with Gasteiger partial charge in [0.1, 0.15) is 5.82 Å². The molecule has 104 valence electrons. The van der Waals surface area contributed by atoms with Crippen molar-refractivity contribution < 1.29 is 9.18 Å². The molecule has 0 spiro atoms. The molecule has 0 fully saturated rings. The molecule has 0 heterocycles. The Balaban J connectivity index is 2.17. The molecule has 0 aliphatic heterocycles. The van der Waals surface area contributed by atoms with Gasteiger partial charge in [0.05, 0.1) is 0 Å². The van der Waals surface area contributed by atoms with Crippen molar-refractivity contribution in [3.8, 4) is 0 Å². The maximum Gasteiger partial charge on any atom is 0.255 e. The topological polar surface area (TPSA) is 29.1 Å². The third-order valence-corrected chi connectivity index (χ3v) is 3.56. The number of aryl methyl sites for hydroxylation is 1. The average Bonchev–Trinajstić information content (AvgIpc) is 2.42. The fourth-order valence-electron chi connectivity index (χ4n) is 1.93. The quantitative estimate of drug-likeness (QED) is 0.911. The van der Waals surface area contributed by atoms with Gasteiger partial charge in [-0.05, 0) is 54.6 Å². The molecule has 0 bridgehead atoms. The number of halogens is 1. The van der Waals surface area contributed by atoms with E-state index in [-0.39, 0.29) is 11.7 Å². The Morgan fingerprint density at radius 2 is 2.05 bits per heavy atom. The second kappa shape index (κ2) is 6.57. The van der Waals surface area contributed by atoms with E-state index in [2.05, 4.69) is 5.32 Å². The summed E-state index contributed by atoms with van der Waals surface area (Å²) >= 11 is 1.71. The minimum absolute atomic E-state index is 0.178. The molecule has 2 nitrogen and oxygen atoms in total.